The monoisotopic (exact) mass is 294 g/mol. The number of aryl methyl sites for hydroxylation is 1. The van der Waals surface area contributed by atoms with E-state index in [0.717, 1.165) is 29.7 Å². The van der Waals surface area contributed by atoms with Gasteiger partial charge >= 0.3 is 0 Å². The SMILES string of the molecule is CCCc1nc2ccccn2c1C(=O)NCc1cccnc1. The molecule has 5 heteroatoms. The Morgan fingerprint density at radius 2 is 2.18 bits per heavy atom. The molecule has 1 amide bonds. The molecule has 0 atom stereocenters. The summed E-state index contributed by atoms with van der Waals surface area (Å²) in [6.07, 6.45) is 7.08. The minimum Gasteiger partial charge on any atom is -0.347 e. The molecule has 5 nitrogen and oxygen atoms in total. The van der Waals surface area contributed by atoms with Gasteiger partial charge in [-0.2, -0.15) is 0 Å². The Morgan fingerprint density at radius 1 is 1.27 bits per heavy atom. The van der Waals surface area contributed by atoms with Crippen LogP contribution in [0.25, 0.3) is 5.65 Å². The number of imidazole rings is 1. The highest BCUT2D eigenvalue weighted by atomic mass is 16.1. The minimum atomic E-state index is -0.106. The molecule has 0 aliphatic rings. The first-order chi connectivity index (χ1) is 10.8. The Hall–Kier alpha value is -2.69. The highest BCUT2D eigenvalue weighted by Gasteiger charge is 2.18. The standard InChI is InChI=1S/C17H18N4O/c1-2-6-14-16(21-10-4-3-8-15(21)20-14)17(22)19-12-13-7-5-9-18-11-13/h3-5,7-11H,2,6,12H2,1H3,(H,19,22). The summed E-state index contributed by atoms with van der Waals surface area (Å²) >= 11 is 0. The molecule has 0 aromatic carbocycles. The second-order valence-corrected chi connectivity index (χ2v) is 5.13. The fraction of sp³-hybridized carbons (Fsp3) is 0.235. The van der Waals surface area contributed by atoms with Gasteiger partial charge < -0.3 is 5.32 Å². The number of pyridine rings is 2. The molecule has 1 N–H and O–H groups in total. The number of hydrogen-bond acceptors (Lipinski definition) is 3. The number of fused-ring (bicyclic) bond motifs is 1. The maximum absolute atomic E-state index is 12.6. The summed E-state index contributed by atoms with van der Waals surface area (Å²) in [7, 11) is 0. The van der Waals surface area contributed by atoms with E-state index in [1.807, 2.05) is 40.9 Å². The Labute approximate surface area is 129 Å². The smallest absolute Gasteiger partial charge is 0.270 e. The lowest BCUT2D eigenvalue weighted by Crippen LogP contribution is -2.25. The summed E-state index contributed by atoms with van der Waals surface area (Å²) in [5.74, 6) is -0.106. The van der Waals surface area contributed by atoms with E-state index in [4.69, 9.17) is 0 Å². The zero-order chi connectivity index (χ0) is 15.4. The molecule has 3 aromatic rings. The van der Waals surface area contributed by atoms with E-state index < -0.39 is 0 Å². The summed E-state index contributed by atoms with van der Waals surface area (Å²) in [4.78, 5) is 21.2. The van der Waals surface area contributed by atoms with E-state index in [9.17, 15) is 4.79 Å². The number of amides is 1. The number of nitrogens with one attached hydrogen (secondary N) is 1. The molecule has 3 heterocycles. The van der Waals surface area contributed by atoms with Crippen LogP contribution >= 0.6 is 0 Å². The molecule has 0 fully saturated rings. The predicted octanol–water partition coefficient (Wildman–Crippen LogP) is 2.61. The van der Waals surface area contributed by atoms with Crippen molar-refractivity contribution in [2.24, 2.45) is 0 Å². The topological polar surface area (TPSA) is 59.3 Å². The maximum Gasteiger partial charge on any atom is 0.270 e. The normalized spacial score (nSPS) is 10.8. The zero-order valence-corrected chi connectivity index (χ0v) is 12.5. The van der Waals surface area contributed by atoms with Crippen molar-refractivity contribution in [3.05, 3.63) is 65.9 Å². The van der Waals surface area contributed by atoms with Gasteiger partial charge in [0.1, 0.15) is 11.3 Å². The van der Waals surface area contributed by atoms with Gasteiger partial charge in [-0.25, -0.2) is 4.98 Å². The molecule has 0 aliphatic heterocycles. The molecule has 0 saturated heterocycles. The fourth-order valence-corrected chi connectivity index (χ4v) is 2.46. The molecule has 22 heavy (non-hydrogen) atoms. The van der Waals surface area contributed by atoms with Gasteiger partial charge in [-0.15, -0.1) is 0 Å². The third-order valence-electron chi connectivity index (χ3n) is 3.48. The quantitative estimate of drug-likeness (QED) is 0.787. The van der Waals surface area contributed by atoms with Crippen molar-refractivity contribution in [2.75, 3.05) is 0 Å². The van der Waals surface area contributed by atoms with Crippen LogP contribution in [0.15, 0.2) is 48.9 Å². The largest absolute Gasteiger partial charge is 0.347 e. The highest BCUT2D eigenvalue weighted by molar-refractivity contribution is 5.94. The zero-order valence-electron chi connectivity index (χ0n) is 12.5. The molecule has 0 aliphatic carbocycles. The van der Waals surface area contributed by atoms with Crippen molar-refractivity contribution < 1.29 is 4.79 Å². The summed E-state index contributed by atoms with van der Waals surface area (Å²) in [6.45, 7) is 2.54. The van der Waals surface area contributed by atoms with Crippen LogP contribution < -0.4 is 5.32 Å². The Kier molecular flexibility index (Phi) is 4.14. The van der Waals surface area contributed by atoms with Gasteiger partial charge in [-0.05, 0) is 30.2 Å². The number of carbonyl (C=O) groups is 1. The van der Waals surface area contributed by atoms with Crippen LogP contribution in [0.1, 0.15) is 35.1 Å². The minimum absolute atomic E-state index is 0.106. The van der Waals surface area contributed by atoms with E-state index in [0.29, 0.717) is 12.2 Å². The number of aromatic nitrogens is 3. The van der Waals surface area contributed by atoms with Crippen LogP contribution in [-0.2, 0) is 13.0 Å². The predicted molar refractivity (Wildman–Crippen MR) is 84.6 cm³/mol. The van der Waals surface area contributed by atoms with Crippen molar-refractivity contribution in [2.45, 2.75) is 26.3 Å². The Bertz CT molecular complexity index is 780. The van der Waals surface area contributed by atoms with E-state index in [1.165, 1.54) is 0 Å². The van der Waals surface area contributed by atoms with Gasteiger partial charge in [0, 0.05) is 25.1 Å². The van der Waals surface area contributed by atoms with E-state index >= 15 is 0 Å². The third-order valence-corrected chi connectivity index (χ3v) is 3.48. The summed E-state index contributed by atoms with van der Waals surface area (Å²) < 4.78 is 1.85. The molecular formula is C17H18N4O. The molecule has 0 spiro atoms. The van der Waals surface area contributed by atoms with Gasteiger partial charge in [0.2, 0.25) is 0 Å². The molecule has 0 saturated carbocycles. The summed E-state index contributed by atoms with van der Waals surface area (Å²) in [5, 5.41) is 2.95. The van der Waals surface area contributed by atoms with E-state index in [2.05, 4.69) is 22.2 Å². The van der Waals surface area contributed by atoms with Crippen LogP contribution in [0, 0.1) is 0 Å². The summed E-state index contributed by atoms with van der Waals surface area (Å²) in [5.41, 5.74) is 3.25. The van der Waals surface area contributed by atoms with Gasteiger partial charge in [0.05, 0.1) is 5.69 Å². The Balaban J connectivity index is 1.87. The fourth-order valence-electron chi connectivity index (χ4n) is 2.46. The average Bonchev–Trinajstić information content (AvgIpc) is 2.92. The second kappa shape index (κ2) is 6.39. The van der Waals surface area contributed by atoms with Crippen molar-refractivity contribution >= 4 is 11.6 Å². The summed E-state index contributed by atoms with van der Waals surface area (Å²) in [6, 6.07) is 9.54. The van der Waals surface area contributed by atoms with Crippen LogP contribution in [0.4, 0.5) is 0 Å². The number of rotatable bonds is 5. The molecule has 3 aromatic heterocycles. The molecule has 3 rings (SSSR count). The third kappa shape index (κ3) is 2.83. The average molecular weight is 294 g/mol. The maximum atomic E-state index is 12.6. The van der Waals surface area contributed by atoms with Crippen LogP contribution in [0.5, 0.6) is 0 Å². The van der Waals surface area contributed by atoms with E-state index in [1.54, 1.807) is 12.4 Å². The number of carbonyl (C=O) groups excluding carboxylic acids is 1. The molecule has 0 radical (unpaired) electrons. The molecule has 0 bridgehead atoms. The van der Waals surface area contributed by atoms with E-state index in [-0.39, 0.29) is 5.91 Å². The van der Waals surface area contributed by atoms with Gasteiger partial charge in [-0.3, -0.25) is 14.2 Å². The lowest BCUT2D eigenvalue weighted by atomic mass is 10.2. The van der Waals surface area contributed by atoms with Gasteiger partial charge in [0.15, 0.2) is 0 Å². The number of hydrogen-bond donors (Lipinski definition) is 1. The lowest BCUT2D eigenvalue weighted by Gasteiger charge is -2.06. The van der Waals surface area contributed by atoms with Gasteiger partial charge in [0.25, 0.3) is 5.91 Å². The lowest BCUT2D eigenvalue weighted by molar-refractivity contribution is 0.0944. The van der Waals surface area contributed by atoms with Gasteiger partial charge in [-0.1, -0.05) is 25.5 Å². The molecule has 0 unspecified atom stereocenters. The van der Waals surface area contributed by atoms with Crippen molar-refractivity contribution in [1.82, 2.24) is 19.7 Å². The van der Waals surface area contributed by atoms with Crippen LogP contribution in [0.3, 0.4) is 0 Å². The first kappa shape index (κ1) is 14.3. The molecule has 112 valence electrons. The van der Waals surface area contributed by atoms with Crippen LogP contribution in [-0.4, -0.2) is 20.3 Å². The molecular weight excluding hydrogens is 276 g/mol. The number of nitrogens with zero attached hydrogens (tertiary/aromatic N) is 3. The Morgan fingerprint density at radius 3 is 2.95 bits per heavy atom. The second-order valence-electron chi connectivity index (χ2n) is 5.13. The first-order valence-corrected chi connectivity index (χ1v) is 7.42. The highest BCUT2D eigenvalue weighted by Crippen LogP contribution is 2.14. The first-order valence-electron chi connectivity index (χ1n) is 7.42. The van der Waals surface area contributed by atoms with Crippen LogP contribution in [0.2, 0.25) is 0 Å². The van der Waals surface area contributed by atoms with Crippen molar-refractivity contribution in [3.8, 4) is 0 Å². The van der Waals surface area contributed by atoms with Crippen molar-refractivity contribution in [3.63, 3.8) is 0 Å². The van der Waals surface area contributed by atoms with Crippen molar-refractivity contribution in [1.29, 1.82) is 0 Å².